The Bertz CT molecular complexity index is 914. The zero-order valence-corrected chi connectivity index (χ0v) is 16.5. The number of fused-ring (bicyclic) bond motifs is 1. The molecule has 0 saturated carbocycles. The Morgan fingerprint density at radius 1 is 1.04 bits per heavy atom. The van der Waals surface area contributed by atoms with Crippen LogP contribution in [0.5, 0.6) is 5.75 Å². The molecule has 3 N–H and O–H groups in total. The normalized spacial score (nSPS) is 16.3. The maximum Gasteiger partial charge on any atom is 0.274 e. The molecule has 5 nitrogen and oxygen atoms in total. The monoisotopic (exact) mass is 399 g/mol. The van der Waals surface area contributed by atoms with Gasteiger partial charge in [0.05, 0.1) is 6.20 Å². The Hall–Kier alpha value is -2.34. The number of nitrogens with one attached hydrogen (secondary N) is 2. The molecular formula is C22H26ClN3O2+2. The van der Waals surface area contributed by atoms with Crippen molar-refractivity contribution in [3.05, 3.63) is 65.8 Å². The van der Waals surface area contributed by atoms with Gasteiger partial charge in [0.25, 0.3) is 5.82 Å². The number of halogens is 1. The number of aliphatic hydroxyl groups is 1. The first-order valence-corrected chi connectivity index (χ1v) is 10.1. The van der Waals surface area contributed by atoms with E-state index in [0.29, 0.717) is 11.6 Å². The van der Waals surface area contributed by atoms with Gasteiger partial charge in [0.15, 0.2) is 0 Å². The zero-order chi connectivity index (χ0) is 19.3. The molecule has 1 atom stereocenters. The number of piperazine rings is 1. The van der Waals surface area contributed by atoms with Gasteiger partial charge in [-0.3, -0.25) is 4.90 Å². The summed E-state index contributed by atoms with van der Waals surface area (Å²) in [5.41, 5.74) is 0. The number of hydrogen-bond acceptors (Lipinski definition) is 3. The Morgan fingerprint density at radius 2 is 1.79 bits per heavy atom. The van der Waals surface area contributed by atoms with Crippen LogP contribution in [-0.2, 0) is 0 Å². The van der Waals surface area contributed by atoms with E-state index in [-0.39, 0.29) is 6.61 Å². The maximum absolute atomic E-state index is 10.5. The summed E-state index contributed by atoms with van der Waals surface area (Å²) in [5.74, 6) is 1.92. The van der Waals surface area contributed by atoms with Crippen molar-refractivity contribution in [1.29, 1.82) is 0 Å². The van der Waals surface area contributed by atoms with E-state index in [4.69, 9.17) is 16.3 Å². The molecular weight excluding hydrogens is 374 g/mol. The number of H-pyrrole nitrogens is 1. The highest BCUT2D eigenvalue weighted by Gasteiger charge is 2.27. The van der Waals surface area contributed by atoms with Gasteiger partial charge in [-0.25, -0.2) is 4.98 Å². The summed E-state index contributed by atoms with van der Waals surface area (Å²) < 4.78 is 5.93. The van der Waals surface area contributed by atoms with E-state index >= 15 is 0 Å². The van der Waals surface area contributed by atoms with E-state index in [0.717, 1.165) is 48.5 Å². The van der Waals surface area contributed by atoms with E-state index in [1.165, 1.54) is 4.90 Å². The number of aliphatic hydroxyl groups excluding tert-OH is 1. The van der Waals surface area contributed by atoms with Crippen LogP contribution in [0.2, 0.25) is 5.02 Å². The number of nitrogens with zero attached hydrogens (tertiary/aromatic N) is 1. The van der Waals surface area contributed by atoms with Crippen molar-refractivity contribution in [3.63, 3.8) is 0 Å². The molecule has 0 spiro atoms. The number of aromatic nitrogens is 1. The van der Waals surface area contributed by atoms with Crippen molar-refractivity contribution in [2.24, 2.45) is 0 Å². The van der Waals surface area contributed by atoms with E-state index in [9.17, 15) is 5.11 Å². The number of benzene rings is 2. The molecule has 0 amide bonds. The van der Waals surface area contributed by atoms with Crippen molar-refractivity contribution >= 4 is 28.2 Å². The van der Waals surface area contributed by atoms with Gasteiger partial charge in [0, 0.05) is 21.9 Å². The van der Waals surface area contributed by atoms with Gasteiger partial charge in [-0.05, 0) is 18.2 Å². The van der Waals surface area contributed by atoms with Gasteiger partial charge in [-0.15, -0.1) is 0 Å². The molecule has 6 heteroatoms. The van der Waals surface area contributed by atoms with E-state index in [1.807, 2.05) is 54.7 Å². The molecule has 2 heterocycles. The van der Waals surface area contributed by atoms with Gasteiger partial charge in [-0.1, -0.05) is 41.9 Å². The summed E-state index contributed by atoms with van der Waals surface area (Å²) in [4.78, 5) is 7.05. The van der Waals surface area contributed by atoms with Crippen molar-refractivity contribution in [3.8, 4) is 5.75 Å². The lowest BCUT2D eigenvalue weighted by Crippen LogP contribution is -3.16. The SMILES string of the molecule is O[C@H](COc1ccc(Cl)c2ccccc12)C[NH+]1CCN(c2cccc[nH+]2)CC1. The highest BCUT2D eigenvalue weighted by molar-refractivity contribution is 6.35. The first-order chi connectivity index (χ1) is 13.7. The topological polar surface area (TPSA) is 51.3 Å². The summed E-state index contributed by atoms with van der Waals surface area (Å²) in [6.45, 7) is 4.94. The third-order valence-electron chi connectivity index (χ3n) is 5.29. The molecule has 4 rings (SSSR count). The first-order valence-electron chi connectivity index (χ1n) is 9.74. The lowest BCUT2D eigenvalue weighted by Gasteiger charge is -2.29. The van der Waals surface area contributed by atoms with Gasteiger partial charge >= 0.3 is 0 Å². The molecule has 146 valence electrons. The molecule has 0 unspecified atom stereocenters. The van der Waals surface area contributed by atoms with Gasteiger partial charge in [-0.2, -0.15) is 0 Å². The van der Waals surface area contributed by atoms with E-state index < -0.39 is 6.10 Å². The lowest BCUT2D eigenvalue weighted by molar-refractivity contribution is -0.903. The number of hydrogen-bond donors (Lipinski definition) is 2. The van der Waals surface area contributed by atoms with Crippen molar-refractivity contribution in [1.82, 2.24) is 0 Å². The summed E-state index contributed by atoms with van der Waals surface area (Å²) in [7, 11) is 0. The highest BCUT2D eigenvalue weighted by atomic mass is 35.5. The Balaban J connectivity index is 1.29. The molecule has 1 aliphatic heterocycles. The van der Waals surface area contributed by atoms with Crippen LogP contribution in [0, 0.1) is 0 Å². The predicted octanol–water partition coefficient (Wildman–Crippen LogP) is 1.45. The third-order valence-corrected chi connectivity index (χ3v) is 5.62. The van der Waals surface area contributed by atoms with Crippen molar-refractivity contribution < 1.29 is 19.7 Å². The second kappa shape index (κ2) is 8.78. The quantitative estimate of drug-likeness (QED) is 0.659. The average molecular weight is 400 g/mol. The van der Waals surface area contributed by atoms with Crippen LogP contribution in [0.25, 0.3) is 10.8 Å². The average Bonchev–Trinajstić information content (AvgIpc) is 2.75. The highest BCUT2D eigenvalue weighted by Crippen LogP contribution is 2.31. The Kier molecular flexibility index (Phi) is 5.95. The second-order valence-electron chi connectivity index (χ2n) is 7.24. The molecule has 1 aromatic heterocycles. The Labute approximate surface area is 170 Å². The molecule has 1 saturated heterocycles. The van der Waals surface area contributed by atoms with Gasteiger partial charge in [0.2, 0.25) is 0 Å². The molecule has 2 aromatic carbocycles. The van der Waals surface area contributed by atoms with E-state index in [1.54, 1.807) is 0 Å². The third kappa shape index (κ3) is 4.38. The number of rotatable bonds is 6. The number of ether oxygens (including phenoxy) is 1. The van der Waals surface area contributed by atoms with Crippen LogP contribution >= 0.6 is 11.6 Å². The summed E-state index contributed by atoms with van der Waals surface area (Å²) >= 11 is 6.26. The number of aromatic amines is 1. The van der Waals surface area contributed by atoms with E-state index in [2.05, 4.69) is 16.0 Å². The fourth-order valence-corrected chi connectivity index (χ4v) is 4.01. The minimum absolute atomic E-state index is 0.283. The molecule has 0 radical (unpaired) electrons. The van der Waals surface area contributed by atoms with Crippen LogP contribution in [0.4, 0.5) is 5.82 Å². The number of anilines is 1. The predicted molar refractivity (Wildman–Crippen MR) is 111 cm³/mol. The molecule has 28 heavy (non-hydrogen) atoms. The molecule has 3 aromatic rings. The van der Waals surface area contributed by atoms with Crippen LogP contribution < -0.4 is 19.5 Å². The molecule has 0 bridgehead atoms. The Morgan fingerprint density at radius 3 is 2.54 bits per heavy atom. The standard InChI is InChI=1S/C22H24ClN3O2/c23-20-8-9-21(19-6-2-1-5-18(19)20)28-16-17(27)15-25-11-13-26(14-12-25)22-7-3-4-10-24-22/h1-10,17,27H,11-16H2/p+2/t17-/m0/s1. The molecule has 1 aliphatic rings. The van der Waals surface area contributed by atoms with Crippen LogP contribution in [0.3, 0.4) is 0 Å². The fraction of sp³-hybridized carbons (Fsp3) is 0.318. The zero-order valence-electron chi connectivity index (χ0n) is 15.8. The van der Waals surface area contributed by atoms with Crippen LogP contribution in [-0.4, -0.2) is 50.5 Å². The van der Waals surface area contributed by atoms with Crippen LogP contribution in [0.15, 0.2) is 60.8 Å². The number of pyridine rings is 1. The fourth-order valence-electron chi connectivity index (χ4n) is 3.79. The van der Waals surface area contributed by atoms with Crippen molar-refractivity contribution in [2.75, 3.05) is 44.2 Å². The van der Waals surface area contributed by atoms with Gasteiger partial charge < -0.3 is 14.7 Å². The van der Waals surface area contributed by atoms with Crippen LogP contribution in [0.1, 0.15) is 0 Å². The lowest BCUT2D eigenvalue weighted by atomic mass is 10.1. The largest absolute Gasteiger partial charge is 0.490 e. The van der Waals surface area contributed by atoms with Gasteiger partial charge in [0.1, 0.15) is 51.2 Å². The minimum Gasteiger partial charge on any atom is -0.490 e. The van der Waals surface area contributed by atoms with Crippen molar-refractivity contribution in [2.45, 2.75) is 6.10 Å². The molecule has 0 aliphatic carbocycles. The smallest absolute Gasteiger partial charge is 0.274 e. The summed E-state index contributed by atoms with van der Waals surface area (Å²) in [6.07, 6.45) is 1.45. The first kappa shape index (κ1) is 19.0. The minimum atomic E-state index is -0.501. The summed E-state index contributed by atoms with van der Waals surface area (Å²) in [5, 5.41) is 13.1. The number of quaternary nitrogens is 1. The molecule has 1 fully saturated rings. The second-order valence-corrected chi connectivity index (χ2v) is 7.65. The maximum atomic E-state index is 10.5. The summed E-state index contributed by atoms with van der Waals surface area (Å²) in [6, 6.07) is 17.8.